The molecule has 0 atom stereocenters. The summed E-state index contributed by atoms with van der Waals surface area (Å²) >= 11 is 1.31. The van der Waals surface area contributed by atoms with Gasteiger partial charge in [0.2, 0.25) is 0 Å². The van der Waals surface area contributed by atoms with Crippen LogP contribution in [0.4, 0.5) is 5.69 Å². The van der Waals surface area contributed by atoms with Gasteiger partial charge >= 0.3 is 0 Å². The van der Waals surface area contributed by atoms with Gasteiger partial charge in [-0.3, -0.25) is 4.79 Å². The molecule has 1 aliphatic heterocycles. The minimum Gasteiger partial charge on any atom is -0.508 e. The third kappa shape index (κ3) is 3.20. The highest BCUT2D eigenvalue weighted by molar-refractivity contribution is 8.18. The van der Waals surface area contributed by atoms with E-state index in [4.69, 9.17) is 0 Å². The maximum atomic E-state index is 12.0. The lowest BCUT2D eigenvalue weighted by Crippen LogP contribution is -2.19. The van der Waals surface area contributed by atoms with Crippen molar-refractivity contribution in [3.05, 3.63) is 64.6 Å². The van der Waals surface area contributed by atoms with E-state index in [9.17, 15) is 9.90 Å². The fourth-order valence-corrected chi connectivity index (χ4v) is 2.84. The predicted octanol–water partition coefficient (Wildman–Crippen LogP) is 3.59. The standard InChI is InChI=1S/C17H14N2O2S/c1-11-4-2-3-5-14(11)18-17-19-16(21)15(22-17)10-12-6-8-13(20)9-7-12/h2-10,20H,1H3,(H,18,19,21). The molecule has 1 fully saturated rings. The molecule has 1 amide bonds. The van der Waals surface area contributed by atoms with Crippen molar-refractivity contribution in [3.8, 4) is 5.75 Å². The SMILES string of the molecule is Cc1ccccc1N=C1NC(=O)C(=Cc2ccc(O)cc2)S1. The van der Waals surface area contributed by atoms with Gasteiger partial charge < -0.3 is 10.4 Å². The number of benzene rings is 2. The number of phenolic OH excluding ortho intramolecular Hbond substituents is 1. The number of nitrogens with zero attached hydrogens (tertiary/aromatic N) is 1. The number of nitrogens with one attached hydrogen (secondary N) is 1. The Morgan fingerprint density at radius 1 is 1.14 bits per heavy atom. The van der Waals surface area contributed by atoms with E-state index in [0.717, 1.165) is 16.8 Å². The van der Waals surface area contributed by atoms with Crippen LogP contribution >= 0.6 is 11.8 Å². The molecule has 0 unspecified atom stereocenters. The first-order valence-corrected chi connectivity index (χ1v) is 7.58. The maximum absolute atomic E-state index is 12.0. The van der Waals surface area contributed by atoms with Crippen LogP contribution in [0.15, 0.2) is 58.4 Å². The van der Waals surface area contributed by atoms with Crippen molar-refractivity contribution in [1.82, 2.24) is 5.32 Å². The minimum absolute atomic E-state index is 0.162. The second-order valence-electron chi connectivity index (χ2n) is 4.86. The Morgan fingerprint density at radius 3 is 2.59 bits per heavy atom. The van der Waals surface area contributed by atoms with E-state index in [0.29, 0.717) is 10.1 Å². The van der Waals surface area contributed by atoms with E-state index < -0.39 is 0 Å². The zero-order chi connectivity index (χ0) is 15.5. The maximum Gasteiger partial charge on any atom is 0.264 e. The summed E-state index contributed by atoms with van der Waals surface area (Å²) in [6, 6.07) is 14.5. The number of aromatic hydroxyl groups is 1. The van der Waals surface area contributed by atoms with E-state index >= 15 is 0 Å². The highest BCUT2D eigenvalue weighted by Gasteiger charge is 2.23. The van der Waals surface area contributed by atoms with Gasteiger partial charge in [0, 0.05) is 0 Å². The van der Waals surface area contributed by atoms with Crippen LogP contribution in [-0.2, 0) is 4.79 Å². The summed E-state index contributed by atoms with van der Waals surface area (Å²) in [6.45, 7) is 1.98. The van der Waals surface area contributed by atoms with Crippen LogP contribution in [-0.4, -0.2) is 16.2 Å². The summed E-state index contributed by atoms with van der Waals surface area (Å²) in [6.07, 6.45) is 1.78. The largest absolute Gasteiger partial charge is 0.508 e. The van der Waals surface area contributed by atoms with Gasteiger partial charge in [0.05, 0.1) is 10.6 Å². The summed E-state index contributed by atoms with van der Waals surface area (Å²) in [5.74, 6) is 0.0397. The molecule has 0 radical (unpaired) electrons. The highest BCUT2D eigenvalue weighted by atomic mass is 32.2. The van der Waals surface area contributed by atoms with Crippen molar-refractivity contribution in [3.63, 3.8) is 0 Å². The quantitative estimate of drug-likeness (QED) is 0.833. The molecule has 2 N–H and O–H groups in total. The molecular weight excluding hydrogens is 296 g/mol. The predicted molar refractivity (Wildman–Crippen MR) is 90.1 cm³/mol. The van der Waals surface area contributed by atoms with Crippen LogP contribution in [0.3, 0.4) is 0 Å². The zero-order valence-electron chi connectivity index (χ0n) is 11.9. The molecule has 0 spiro atoms. The van der Waals surface area contributed by atoms with Crippen molar-refractivity contribution in [2.75, 3.05) is 0 Å². The van der Waals surface area contributed by atoms with Crippen LogP contribution in [0.25, 0.3) is 6.08 Å². The van der Waals surface area contributed by atoms with Crippen molar-refractivity contribution in [2.45, 2.75) is 6.92 Å². The normalized spacial score (nSPS) is 18.0. The van der Waals surface area contributed by atoms with E-state index in [2.05, 4.69) is 10.3 Å². The number of hydrogen-bond donors (Lipinski definition) is 2. The first-order chi connectivity index (χ1) is 10.6. The second kappa shape index (κ2) is 6.07. The number of aliphatic imine (C=N–C) groups is 1. The number of phenols is 1. The number of aryl methyl sites for hydroxylation is 1. The van der Waals surface area contributed by atoms with Crippen LogP contribution in [0.2, 0.25) is 0 Å². The summed E-state index contributed by atoms with van der Waals surface area (Å²) in [5, 5.41) is 12.6. The number of hydrogen-bond acceptors (Lipinski definition) is 4. The van der Waals surface area contributed by atoms with E-state index in [1.807, 2.05) is 31.2 Å². The molecule has 5 heteroatoms. The van der Waals surface area contributed by atoms with Crippen LogP contribution in [0.5, 0.6) is 5.75 Å². The number of carbonyl (C=O) groups excluding carboxylic acids is 1. The molecule has 22 heavy (non-hydrogen) atoms. The lowest BCUT2D eigenvalue weighted by molar-refractivity contribution is -0.115. The lowest BCUT2D eigenvalue weighted by Gasteiger charge is -1.99. The van der Waals surface area contributed by atoms with Gasteiger partial charge in [0.25, 0.3) is 5.91 Å². The molecule has 1 aliphatic rings. The van der Waals surface area contributed by atoms with Gasteiger partial charge in [0.15, 0.2) is 5.17 Å². The molecule has 3 rings (SSSR count). The molecule has 1 heterocycles. The number of carbonyl (C=O) groups is 1. The number of rotatable bonds is 2. The summed E-state index contributed by atoms with van der Waals surface area (Å²) in [7, 11) is 0. The van der Waals surface area contributed by atoms with Gasteiger partial charge in [-0.15, -0.1) is 0 Å². The van der Waals surface area contributed by atoms with Crippen molar-refractivity contribution < 1.29 is 9.90 Å². The fourth-order valence-electron chi connectivity index (χ4n) is 2.00. The Kier molecular flexibility index (Phi) is 3.98. The monoisotopic (exact) mass is 310 g/mol. The first-order valence-electron chi connectivity index (χ1n) is 6.76. The molecule has 2 aromatic carbocycles. The number of para-hydroxylation sites is 1. The summed E-state index contributed by atoms with van der Waals surface area (Å²) in [4.78, 5) is 17.1. The molecule has 0 saturated carbocycles. The van der Waals surface area contributed by atoms with Gasteiger partial charge in [-0.25, -0.2) is 4.99 Å². The molecule has 1 saturated heterocycles. The van der Waals surface area contributed by atoms with Crippen molar-refractivity contribution >= 4 is 34.6 Å². The van der Waals surface area contributed by atoms with Crippen molar-refractivity contribution in [2.24, 2.45) is 4.99 Å². The number of amidine groups is 1. The Hall–Kier alpha value is -2.53. The smallest absolute Gasteiger partial charge is 0.264 e. The van der Waals surface area contributed by atoms with Crippen LogP contribution in [0, 0.1) is 6.92 Å². The Bertz CT molecular complexity index is 780. The van der Waals surface area contributed by atoms with Crippen LogP contribution in [0.1, 0.15) is 11.1 Å². The highest BCUT2D eigenvalue weighted by Crippen LogP contribution is 2.29. The third-order valence-corrected chi connectivity index (χ3v) is 4.09. The van der Waals surface area contributed by atoms with Gasteiger partial charge in [-0.2, -0.15) is 0 Å². The lowest BCUT2D eigenvalue weighted by atomic mass is 10.2. The molecule has 0 aromatic heterocycles. The average Bonchev–Trinajstić information content (AvgIpc) is 2.84. The molecule has 0 bridgehead atoms. The summed E-state index contributed by atoms with van der Waals surface area (Å²) in [5.41, 5.74) is 2.75. The van der Waals surface area contributed by atoms with Gasteiger partial charge in [-0.1, -0.05) is 30.3 Å². The fraction of sp³-hybridized carbons (Fsp3) is 0.0588. The Balaban J connectivity index is 1.84. The molecule has 110 valence electrons. The Morgan fingerprint density at radius 2 is 1.86 bits per heavy atom. The van der Waals surface area contributed by atoms with Gasteiger partial charge in [-0.05, 0) is 54.1 Å². The van der Waals surface area contributed by atoms with E-state index in [1.165, 1.54) is 11.8 Å². The van der Waals surface area contributed by atoms with Gasteiger partial charge in [0.1, 0.15) is 5.75 Å². The van der Waals surface area contributed by atoms with E-state index in [1.54, 1.807) is 30.3 Å². The number of thioether (sulfide) groups is 1. The zero-order valence-corrected chi connectivity index (χ0v) is 12.7. The topological polar surface area (TPSA) is 61.7 Å². The number of amides is 1. The van der Waals surface area contributed by atoms with E-state index in [-0.39, 0.29) is 11.7 Å². The molecule has 4 nitrogen and oxygen atoms in total. The van der Waals surface area contributed by atoms with Crippen LogP contribution < -0.4 is 5.32 Å². The second-order valence-corrected chi connectivity index (χ2v) is 5.89. The third-order valence-electron chi connectivity index (χ3n) is 3.18. The minimum atomic E-state index is -0.162. The Labute approximate surface area is 132 Å². The first kappa shape index (κ1) is 14.4. The molecule has 2 aromatic rings. The van der Waals surface area contributed by atoms with Crippen molar-refractivity contribution in [1.29, 1.82) is 0 Å². The molecule has 0 aliphatic carbocycles. The summed E-state index contributed by atoms with van der Waals surface area (Å²) < 4.78 is 0. The average molecular weight is 310 g/mol. The molecular formula is C17H14N2O2S.